The van der Waals surface area contributed by atoms with Crippen LogP contribution in [0.3, 0.4) is 0 Å². The summed E-state index contributed by atoms with van der Waals surface area (Å²) >= 11 is 0. The van der Waals surface area contributed by atoms with E-state index < -0.39 is 0 Å². The first-order valence-electron chi connectivity index (χ1n) is 6.81. The molecule has 1 aliphatic heterocycles. The average Bonchev–Trinajstić information content (AvgIpc) is 2.35. The summed E-state index contributed by atoms with van der Waals surface area (Å²) in [5, 5.41) is 0. The Kier molecular flexibility index (Phi) is 4.10. The number of hydrogen-bond acceptors (Lipinski definition) is 3. The standard InChI is InChI=1S/C15H23N3O/c1-11-4-5-14(12(2)8-11)18-9-13(6-7-16)17(3)15(19)10-18/h4-5,8,13H,6-7,9-10,16H2,1-3H3. The van der Waals surface area contributed by atoms with Crippen LogP contribution in [-0.2, 0) is 4.79 Å². The van der Waals surface area contributed by atoms with E-state index in [0.29, 0.717) is 13.1 Å². The van der Waals surface area contributed by atoms with Crippen molar-refractivity contribution in [2.75, 3.05) is 31.6 Å². The van der Waals surface area contributed by atoms with Crippen LogP contribution in [-0.4, -0.2) is 43.5 Å². The Morgan fingerprint density at radius 2 is 2.11 bits per heavy atom. The van der Waals surface area contributed by atoms with Gasteiger partial charge in [0, 0.05) is 19.3 Å². The number of benzene rings is 1. The zero-order valence-corrected chi connectivity index (χ0v) is 12.0. The van der Waals surface area contributed by atoms with Crippen molar-refractivity contribution in [3.05, 3.63) is 29.3 Å². The number of rotatable bonds is 3. The SMILES string of the molecule is Cc1ccc(N2CC(=O)N(C)C(CCN)C2)c(C)c1. The first kappa shape index (κ1) is 13.9. The highest BCUT2D eigenvalue weighted by Gasteiger charge is 2.29. The van der Waals surface area contributed by atoms with Gasteiger partial charge in [-0.15, -0.1) is 0 Å². The van der Waals surface area contributed by atoms with Crippen LogP contribution in [0.25, 0.3) is 0 Å². The highest BCUT2D eigenvalue weighted by molar-refractivity contribution is 5.83. The molecular formula is C15H23N3O. The lowest BCUT2D eigenvalue weighted by atomic mass is 10.1. The van der Waals surface area contributed by atoms with E-state index in [1.807, 2.05) is 11.9 Å². The van der Waals surface area contributed by atoms with Crippen molar-refractivity contribution in [1.29, 1.82) is 0 Å². The minimum atomic E-state index is 0.171. The molecule has 0 spiro atoms. The smallest absolute Gasteiger partial charge is 0.242 e. The van der Waals surface area contributed by atoms with E-state index in [1.54, 1.807) is 0 Å². The molecule has 1 aromatic carbocycles. The zero-order chi connectivity index (χ0) is 14.0. The molecular weight excluding hydrogens is 238 g/mol. The van der Waals surface area contributed by atoms with Gasteiger partial charge in [0.25, 0.3) is 0 Å². The summed E-state index contributed by atoms with van der Waals surface area (Å²) in [6, 6.07) is 6.59. The van der Waals surface area contributed by atoms with E-state index >= 15 is 0 Å². The summed E-state index contributed by atoms with van der Waals surface area (Å²) in [4.78, 5) is 16.1. The van der Waals surface area contributed by atoms with Crippen molar-refractivity contribution >= 4 is 11.6 Å². The van der Waals surface area contributed by atoms with Crippen LogP contribution < -0.4 is 10.6 Å². The second-order valence-electron chi connectivity index (χ2n) is 5.41. The van der Waals surface area contributed by atoms with Crippen LogP contribution in [0.1, 0.15) is 17.5 Å². The molecule has 1 aliphatic rings. The van der Waals surface area contributed by atoms with Gasteiger partial charge >= 0.3 is 0 Å². The first-order valence-corrected chi connectivity index (χ1v) is 6.81. The zero-order valence-electron chi connectivity index (χ0n) is 12.0. The number of carbonyl (C=O) groups is 1. The number of piperazine rings is 1. The van der Waals surface area contributed by atoms with E-state index in [9.17, 15) is 4.79 Å². The van der Waals surface area contributed by atoms with E-state index in [-0.39, 0.29) is 11.9 Å². The number of nitrogens with zero attached hydrogens (tertiary/aromatic N) is 2. The molecule has 1 unspecified atom stereocenters. The third-order valence-electron chi connectivity index (χ3n) is 3.89. The van der Waals surface area contributed by atoms with Crippen molar-refractivity contribution in [1.82, 2.24) is 4.90 Å². The lowest BCUT2D eigenvalue weighted by Gasteiger charge is -2.40. The molecule has 0 radical (unpaired) electrons. The molecule has 1 saturated heterocycles. The topological polar surface area (TPSA) is 49.6 Å². The Morgan fingerprint density at radius 1 is 1.37 bits per heavy atom. The summed E-state index contributed by atoms with van der Waals surface area (Å²) in [5.41, 5.74) is 9.28. The van der Waals surface area contributed by atoms with Crippen molar-refractivity contribution in [2.45, 2.75) is 26.3 Å². The number of nitrogens with two attached hydrogens (primary N) is 1. The number of hydrogen-bond donors (Lipinski definition) is 1. The lowest BCUT2D eigenvalue weighted by Crippen LogP contribution is -2.55. The number of aryl methyl sites for hydroxylation is 2. The van der Waals surface area contributed by atoms with E-state index in [1.165, 1.54) is 11.1 Å². The van der Waals surface area contributed by atoms with Crippen LogP contribution in [0.5, 0.6) is 0 Å². The molecule has 2 rings (SSSR count). The van der Waals surface area contributed by atoms with Crippen molar-refractivity contribution in [3.8, 4) is 0 Å². The predicted molar refractivity (Wildman–Crippen MR) is 78.4 cm³/mol. The van der Waals surface area contributed by atoms with Gasteiger partial charge in [0.15, 0.2) is 0 Å². The Labute approximate surface area is 115 Å². The third-order valence-corrected chi connectivity index (χ3v) is 3.89. The molecule has 1 fully saturated rings. The number of likely N-dealkylation sites (N-methyl/N-ethyl adjacent to an activating group) is 1. The molecule has 19 heavy (non-hydrogen) atoms. The molecule has 2 N–H and O–H groups in total. The quantitative estimate of drug-likeness (QED) is 0.892. The number of anilines is 1. The Balaban J connectivity index is 2.22. The van der Waals surface area contributed by atoms with Crippen LogP contribution in [0.15, 0.2) is 18.2 Å². The van der Waals surface area contributed by atoms with Gasteiger partial charge in [-0.1, -0.05) is 17.7 Å². The molecule has 4 heteroatoms. The highest BCUT2D eigenvalue weighted by Crippen LogP contribution is 2.24. The van der Waals surface area contributed by atoms with E-state index in [0.717, 1.165) is 18.7 Å². The second kappa shape index (κ2) is 5.61. The molecule has 0 aliphatic carbocycles. The highest BCUT2D eigenvalue weighted by atomic mass is 16.2. The Hall–Kier alpha value is -1.55. The predicted octanol–water partition coefficient (Wildman–Crippen LogP) is 1.30. The van der Waals surface area contributed by atoms with Crippen molar-refractivity contribution < 1.29 is 4.79 Å². The molecule has 4 nitrogen and oxygen atoms in total. The van der Waals surface area contributed by atoms with E-state index in [2.05, 4.69) is 36.9 Å². The third kappa shape index (κ3) is 2.89. The average molecular weight is 261 g/mol. The van der Waals surface area contributed by atoms with Gasteiger partial charge in [0.05, 0.1) is 12.6 Å². The van der Waals surface area contributed by atoms with Crippen molar-refractivity contribution in [3.63, 3.8) is 0 Å². The summed E-state index contributed by atoms with van der Waals surface area (Å²) < 4.78 is 0. The van der Waals surface area contributed by atoms with Gasteiger partial charge in [-0.3, -0.25) is 4.79 Å². The van der Waals surface area contributed by atoms with E-state index in [4.69, 9.17) is 5.73 Å². The van der Waals surface area contributed by atoms with Gasteiger partial charge in [0.1, 0.15) is 0 Å². The minimum absolute atomic E-state index is 0.171. The van der Waals surface area contributed by atoms with Crippen LogP contribution in [0.4, 0.5) is 5.69 Å². The molecule has 1 atom stereocenters. The maximum atomic E-state index is 12.1. The molecule has 0 bridgehead atoms. The normalized spacial score (nSPS) is 20.0. The van der Waals surface area contributed by atoms with Gasteiger partial charge < -0.3 is 15.5 Å². The van der Waals surface area contributed by atoms with Crippen LogP contribution >= 0.6 is 0 Å². The monoisotopic (exact) mass is 261 g/mol. The van der Waals surface area contributed by atoms with Gasteiger partial charge in [-0.25, -0.2) is 0 Å². The maximum absolute atomic E-state index is 12.1. The number of carbonyl (C=O) groups excluding carboxylic acids is 1. The summed E-state index contributed by atoms with van der Waals surface area (Å²) in [7, 11) is 1.88. The summed E-state index contributed by atoms with van der Waals surface area (Å²) in [6.07, 6.45) is 0.851. The second-order valence-corrected chi connectivity index (χ2v) is 5.41. The minimum Gasteiger partial charge on any atom is -0.360 e. The molecule has 0 aromatic heterocycles. The van der Waals surface area contributed by atoms with Crippen LogP contribution in [0, 0.1) is 13.8 Å². The largest absolute Gasteiger partial charge is 0.360 e. The maximum Gasteiger partial charge on any atom is 0.242 e. The number of amides is 1. The van der Waals surface area contributed by atoms with Crippen LogP contribution in [0.2, 0.25) is 0 Å². The van der Waals surface area contributed by atoms with Crippen molar-refractivity contribution in [2.24, 2.45) is 5.73 Å². The molecule has 1 amide bonds. The summed E-state index contributed by atoms with van der Waals surface area (Å²) in [6.45, 7) is 6.13. The van der Waals surface area contributed by atoms with Gasteiger partial charge in [0.2, 0.25) is 5.91 Å². The van der Waals surface area contributed by atoms with Gasteiger partial charge in [-0.2, -0.15) is 0 Å². The van der Waals surface area contributed by atoms with Gasteiger partial charge in [-0.05, 0) is 38.4 Å². The first-order chi connectivity index (χ1) is 9.02. The fourth-order valence-electron chi connectivity index (χ4n) is 2.74. The fourth-order valence-corrected chi connectivity index (χ4v) is 2.74. The molecule has 1 heterocycles. The molecule has 0 saturated carbocycles. The Bertz CT molecular complexity index is 472. The molecule has 104 valence electrons. The Morgan fingerprint density at radius 3 is 2.74 bits per heavy atom. The lowest BCUT2D eigenvalue weighted by molar-refractivity contribution is -0.132. The fraction of sp³-hybridized carbons (Fsp3) is 0.533. The molecule has 1 aromatic rings. The summed E-state index contributed by atoms with van der Waals surface area (Å²) in [5.74, 6) is 0.171.